The van der Waals surface area contributed by atoms with Crippen LogP contribution >= 0.6 is 15.9 Å². The van der Waals surface area contributed by atoms with Crippen LogP contribution in [0.3, 0.4) is 0 Å². The molecule has 3 atom stereocenters. The molecule has 0 bridgehead atoms. The standard InChI is InChI=1S/C18H23BrO2/c1-11-5-8-14(12(2)7-10-16(20)21-4)17-15(11)9-6-13(3)18(17)19/h6-7,9-12,14H,5,8H2,1-4H3/b10-7+/t11-,12-,14+/m1/s1. The van der Waals surface area contributed by atoms with Crippen molar-refractivity contribution in [1.82, 2.24) is 0 Å². The third kappa shape index (κ3) is 3.39. The zero-order valence-electron chi connectivity index (χ0n) is 13.2. The molecule has 3 heteroatoms. The molecule has 0 aliphatic heterocycles. The number of rotatable bonds is 3. The van der Waals surface area contributed by atoms with Crippen molar-refractivity contribution in [2.24, 2.45) is 5.92 Å². The fourth-order valence-electron chi connectivity index (χ4n) is 3.21. The maximum Gasteiger partial charge on any atom is 0.330 e. The van der Waals surface area contributed by atoms with Gasteiger partial charge in [0.25, 0.3) is 0 Å². The van der Waals surface area contributed by atoms with Crippen LogP contribution in [0, 0.1) is 12.8 Å². The molecule has 0 saturated heterocycles. The Morgan fingerprint density at radius 1 is 1.43 bits per heavy atom. The van der Waals surface area contributed by atoms with E-state index in [0.717, 1.165) is 6.42 Å². The number of carbonyl (C=O) groups is 1. The van der Waals surface area contributed by atoms with Crippen LogP contribution in [-0.2, 0) is 9.53 Å². The molecule has 114 valence electrons. The molecule has 2 rings (SSSR count). The number of carbonyl (C=O) groups excluding carboxylic acids is 1. The van der Waals surface area contributed by atoms with Crippen molar-refractivity contribution in [3.8, 4) is 0 Å². The Bertz CT molecular complexity index is 563. The van der Waals surface area contributed by atoms with E-state index in [1.807, 2.05) is 6.08 Å². The van der Waals surface area contributed by atoms with Gasteiger partial charge in [0.15, 0.2) is 0 Å². The maximum atomic E-state index is 11.3. The average Bonchev–Trinajstić information content (AvgIpc) is 2.48. The zero-order valence-corrected chi connectivity index (χ0v) is 14.7. The van der Waals surface area contributed by atoms with E-state index >= 15 is 0 Å². The summed E-state index contributed by atoms with van der Waals surface area (Å²) in [6, 6.07) is 4.46. The first kappa shape index (κ1) is 16.3. The molecule has 1 aromatic rings. The highest BCUT2D eigenvalue weighted by atomic mass is 79.9. The van der Waals surface area contributed by atoms with E-state index in [1.165, 1.54) is 34.7 Å². The van der Waals surface area contributed by atoms with Crippen molar-refractivity contribution >= 4 is 21.9 Å². The second-order valence-corrected chi connectivity index (χ2v) is 6.82. The quantitative estimate of drug-likeness (QED) is 0.559. The molecule has 1 aromatic carbocycles. The number of allylic oxidation sites excluding steroid dienone is 1. The van der Waals surface area contributed by atoms with Gasteiger partial charge in [-0.1, -0.05) is 48.0 Å². The molecular formula is C18H23BrO2. The molecular weight excluding hydrogens is 328 g/mol. The van der Waals surface area contributed by atoms with Gasteiger partial charge in [-0.3, -0.25) is 0 Å². The summed E-state index contributed by atoms with van der Waals surface area (Å²) in [5.41, 5.74) is 4.15. The van der Waals surface area contributed by atoms with Gasteiger partial charge in [0.05, 0.1) is 7.11 Å². The van der Waals surface area contributed by atoms with Gasteiger partial charge in [-0.05, 0) is 54.2 Å². The molecule has 0 fully saturated rings. The van der Waals surface area contributed by atoms with Gasteiger partial charge >= 0.3 is 5.97 Å². The number of aryl methyl sites for hydroxylation is 1. The highest BCUT2D eigenvalue weighted by molar-refractivity contribution is 9.10. The summed E-state index contributed by atoms with van der Waals surface area (Å²) >= 11 is 3.78. The van der Waals surface area contributed by atoms with Gasteiger partial charge in [-0.25, -0.2) is 4.79 Å². The van der Waals surface area contributed by atoms with E-state index in [-0.39, 0.29) is 5.97 Å². The number of fused-ring (bicyclic) bond motifs is 1. The topological polar surface area (TPSA) is 26.3 Å². The highest BCUT2D eigenvalue weighted by Crippen LogP contribution is 2.46. The molecule has 0 spiro atoms. The Hall–Kier alpha value is -1.09. The van der Waals surface area contributed by atoms with E-state index in [0.29, 0.717) is 17.8 Å². The number of hydrogen-bond donors (Lipinski definition) is 0. The summed E-state index contributed by atoms with van der Waals surface area (Å²) < 4.78 is 5.91. The van der Waals surface area contributed by atoms with E-state index in [1.54, 1.807) is 6.08 Å². The normalized spacial score (nSPS) is 22.9. The van der Waals surface area contributed by atoms with Gasteiger partial charge in [0.1, 0.15) is 0 Å². The van der Waals surface area contributed by atoms with Crippen LogP contribution in [0.15, 0.2) is 28.8 Å². The molecule has 0 N–H and O–H groups in total. The Morgan fingerprint density at radius 3 is 2.81 bits per heavy atom. The Kier molecular flexibility index (Phi) is 5.26. The van der Waals surface area contributed by atoms with E-state index in [9.17, 15) is 4.79 Å². The number of esters is 1. The van der Waals surface area contributed by atoms with Crippen LogP contribution in [0.1, 0.15) is 55.2 Å². The fraction of sp³-hybridized carbons (Fsp3) is 0.500. The predicted octanol–water partition coefficient (Wildman–Crippen LogP) is 5.10. The first-order valence-electron chi connectivity index (χ1n) is 7.50. The molecule has 1 aliphatic carbocycles. The summed E-state index contributed by atoms with van der Waals surface area (Å²) in [4.78, 5) is 11.3. The SMILES string of the molecule is COC(=O)/C=C/[C@@H](C)[C@@H]1CC[C@@H](C)c2ccc(C)c(Br)c21. The van der Waals surface area contributed by atoms with Gasteiger partial charge in [0, 0.05) is 10.5 Å². The van der Waals surface area contributed by atoms with E-state index < -0.39 is 0 Å². The summed E-state index contributed by atoms with van der Waals surface area (Å²) in [5.74, 6) is 1.08. The van der Waals surface area contributed by atoms with Crippen molar-refractivity contribution in [1.29, 1.82) is 0 Å². The van der Waals surface area contributed by atoms with Crippen LogP contribution in [-0.4, -0.2) is 13.1 Å². The molecule has 0 radical (unpaired) electrons. The lowest BCUT2D eigenvalue weighted by Crippen LogP contribution is -2.19. The molecule has 0 saturated carbocycles. The lowest BCUT2D eigenvalue weighted by atomic mass is 9.72. The van der Waals surface area contributed by atoms with Crippen LogP contribution < -0.4 is 0 Å². The molecule has 0 heterocycles. The predicted molar refractivity (Wildman–Crippen MR) is 89.6 cm³/mol. The van der Waals surface area contributed by atoms with Crippen LogP contribution in [0.2, 0.25) is 0 Å². The number of methoxy groups -OCH3 is 1. The maximum absolute atomic E-state index is 11.3. The number of ether oxygens (including phenoxy) is 1. The Morgan fingerprint density at radius 2 is 2.14 bits per heavy atom. The Labute approximate surface area is 135 Å². The van der Waals surface area contributed by atoms with Gasteiger partial charge in [0.2, 0.25) is 0 Å². The van der Waals surface area contributed by atoms with Gasteiger partial charge < -0.3 is 4.74 Å². The third-order valence-corrected chi connectivity index (χ3v) is 5.64. The smallest absolute Gasteiger partial charge is 0.330 e. The largest absolute Gasteiger partial charge is 0.466 e. The van der Waals surface area contributed by atoms with Gasteiger partial charge in [-0.2, -0.15) is 0 Å². The number of halogens is 1. The van der Waals surface area contributed by atoms with Crippen molar-refractivity contribution in [2.75, 3.05) is 7.11 Å². The van der Waals surface area contributed by atoms with Crippen LogP contribution in [0.25, 0.3) is 0 Å². The average molecular weight is 351 g/mol. The minimum absolute atomic E-state index is 0.283. The second-order valence-electron chi connectivity index (χ2n) is 6.03. The third-order valence-electron chi connectivity index (χ3n) is 4.59. The minimum atomic E-state index is -0.283. The van der Waals surface area contributed by atoms with Crippen LogP contribution in [0.5, 0.6) is 0 Å². The second kappa shape index (κ2) is 6.78. The molecule has 1 aliphatic rings. The fourth-order valence-corrected chi connectivity index (χ4v) is 3.87. The Balaban J connectivity index is 2.36. The lowest BCUT2D eigenvalue weighted by Gasteiger charge is -2.34. The number of benzene rings is 1. The van der Waals surface area contributed by atoms with E-state index in [2.05, 4.69) is 53.6 Å². The van der Waals surface area contributed by atoms with Crippen molar-refractivity contribution in [3.05, 3.63) is 45.4 Å². The molecule has 0 unspecified atom stereocenters. The highest BCUT2D eigenvalue weighted by Gasteiger charge is 2.30. The van der Waals surface area contributed by atoms with Crippen LogP contribution in [0.4, 0.5) is 0 Å². The summed E-state index contributed by atoms with van der Waals surface area (Å²) in [6.45, 7) is 6.61. The van der Waals surface area contributed by atoms with Gasteiger partial charge in [-0.15, -0.1) is 0 Å². The summed E-state index contributed by atoms with van der Waals surface area (Å²) in [7, 11) is 1.41. The summed E-state index contributed by atoms with van der Waals surface area (Å²) in [6.07, 6.45) is 5.88. The molecule has 2 nitrogen and oxygen atoms in total. The lowest BCUT2D eigenvalue weighted by molar-refractivity contribution is -0.134. The minimum Gasteiger partial charge on any atom is -0.466 e. The monoisotopic (exact) mass is 350 g/mol. The zero-order chi connectivity index (χ0) is 15.6. The summed E-state index contributed by atoms with van der Waals surface area (Å²) in [5, 5.41) is 0. The first-order chi connectivity index (χ1) is 9.95. The van der Waals surface area contributed by atoms with E-state index in [4.69, 9.17) is 0 Å². The molecule has 0 amide bonds. The molecule has 21 heavy (non-hydrogen) atoms. The van der Waals surface area contributed by atoms with Crippen molar-refractivity contribution in [2.45, 2.75) is 45.4 Å². The first-order valence-corrected chi connectivity index (χ1v) is 8.30. The van der Waals surface area contributed by atoms with Crippen molar-refractivity contribution < 1.29 is 9.53 Å². The van der Waals surface area contributed by atoms with Crippen molar-refractivity contribution in [3.63, 3.8) is 0 Å². The molecule has 0 aromatic heterocycles. The number of hydrogen-bond acceptors (Lipinski definition) is 2.